The lowest BCUT2D eigenvalue weighted by atomic mass is 10.2. The van der Waals surface area contributed by atoms with E-state index in [1.165, 1.54) is 28.8 Å². The maximum absolute atomic E-state index is 13.1. The minimum absolute atomic E-state index is 0.0399. The van der Waals surface area contributed by atoms with Crippen LogP contribution in [0.2, 0.25) is 0 Å². The van der Waals surface area contributed by atoms with Gasteiger partial charge in [0.2, 0.25) is 5.91 Å². The van der Waals surface area contributed by atoms with Gasteiger partial charge in [0.1, 0.15) is 0 Å². The smallest absolute Gasteiger partial charge is 0.339 e. The fourth-order valence-electron chi connectivity index (χ4n) is 2.01. The highest BCUT2D eigenvalue weighted by atomic mass is 32.2. The lowest BCUT2D eigenvalue weighted by molar-refractivity contribution is -0.125. The fourth-order valence-corrected chi connectivity index (χ4v) is 3.03. The van der Waals surface area contributed by atoms with Crippen LogP contribution in [0.5, 0.6) is 0 Å². The van der Waals surface area contributed by atoms with Gasteiger partial charge < -0.3 is 15.0 Å². The van der Waals surface area contributed by atoms with E-state index in [1.54, 1.807) is 32.3 Å². The number of thioether (sulfide) groups is 1. The van der Waals surface area contributed by atoms with E-state index in [0.29, 0.717) is 4.90 Å². The first-order valence-electron chi connectivity index (χ1n) is 8.12. The van der Waals surface area contributed by atoms with E-state index in [4.69, 9.17) is 4.74 Å². The number of hydrogen-bond donors (Lipinski definition) is 1. The molecule has 0 saturated heterocycles. The average molecular weight is 408 g/mol. The van der Waals surface area contributed by atoms with Crippen molar-refractivity contribution in [3.05, 3.63) is 59.7 Å². The molecule has 6 nitrogen and oxygen atoms in total. The number of rotatable bonds is 7. The number of halogens is 2. The number of nitrogens with one attached hydrogen (secondary N) is 1. The molecule has 1 N–H and O–H groups in total. The maximum Gasteiger partial charge on any atom is 0.339 e. The van der Waals surface area contributed by atoms with E-state index in [2.05, 4.69) is 5.32 Å². The van der Waals surface area contributed by atoms with Crippen LogP contribution < -0.4 is 5.32 Å². The molecule has 2 amide bonds. The van der Waals surface area contributed by atoms with Gasteiger partial charge in [-0.25, -0.2) is 13.6 Å². The molecule has 0 aromatic heterocycles. The second-order valence-electron chi connectivity index (χ2n) is 5.83. The Hall–Kier alpha value is -2.94. The molecular weight excluding hydrogens is 390 g/mol. The molecule has 2 aromatic rings. The number of benzene rings is 2. The Morgan fingerprint density at radius 2 is 1.79 bits per heavy atom. The number of ether oxygens (including phenoxy) is 1. The minimum Gasteiger partial charge on any atom is -0.452 e. The predicted molar refractivity (Wildman–Crippen MR) is 101 cm³/mol. The molecule has 0 aliphatic carbocycles. The summed E-state index contributed by atoms with van der Waals surface area (Å²) < 4.78 is 31.0. The molecule has 0 bridgehead atoms. The zero-order valence-electron chi connectivity index (χ0n) is 15.2. The quantitative estimate of drug-likeness (QED) is 0.563. The summed E-state index contributed by atoms with van der Waals surface area (Å²) in [6, 6.07) is 9.43. The van der Waals surface area contributed by atoms with Crippen molar-refractivity contribution in [3.63, 3.8) is 0 Å². The van der Waals surface area contributed by atoms with Crippen molar-refractivity contribution in [2.24, 2.45) is 0 Å². The third-order valence-electron chi connectivity index (χ3n) is 3.49. The molecular formula is C19H18F2N2O4S. The van der Waals surface area contributed by atoms with Crippen molar-refractivity contribution in [2.75, 3.05) is 31.8 Å². The molecule has 28 heavy (non-hydrogen) atoms. The summed E-state index contributed by atoms with van der Waals surface area (Å²) in [6.07, 6.45) is 0. The number of nitrogens with zero attached hydrogens (tertiary/aromatic N) is 1. The topological polar surface area (TPSA) is 75.7 Å². The summed E-state index contributed by atoms with van der Waals surface area (Å²) in [4.78, 5) is 37.8. The monoisotopic (exact) mass is 408 g/mol. The fraction of sp³-hybridized carbons (Fsp3) is 0.211. The van der Waals surface area contributed by atoms with E-state index in [0.717, 1.165) is 12.1 Å². The first-order valence-corrected chi connectivity index (χ1v) is 9.10. The first-order chi connectivity index (χ1) is 13.3. The van der Waals surface area contributed by atoms with Crippen LogP contribution in [0.1, 0.15) is 10.4 Å². The normalized spacial score (nSPS) is 10.3. The van der Waals surface area contributed by atoms with Gasteiger partial charge in [0, 0.05) is 30.7 Å². The largest absolute Gasteiger partial charge is 0.452 e. The SMILES string of the molecule is CN(C)C(=O)CSc1ccccc1C(=O)OCC(=O)Nc1ccc(F)c(F)c1. The molecule has 0 spiro atoms. The maximum atomic E-state index is 13.1. The lowest BCUT2D eigenvalue weighted by Crippen LogP contribution is -2.23. The van der Waals surface area contributed by atoms with E-state index in [9.17, 15) is 23.2 Å². The third-order valence-corrected chi connectivity index (χ3v) is 4.55. The van der Waals surface area contributed by atoms with Crippen LogP contribution in [0.4, 0.5) is 14.5 Å². The summed E-state index contributed by atoms with van der Waals surface area (Å²) in [5.74, 6) is -3.54. The van der Waals surface area contributed by atoms with Crippen molar-refractivity contribution in [2.45, 2.75) is 4.90 Å². The van der Waals surface area contributed by atoms with Crippen molar-refractivity contribution in [1.82, 2.24) is 4.90 Å². The van der Waals surface area contributed by atoms with Gasteiger partial charge in [0.25, 0.3) is 5.91 Å². The van der Waals surface area contributed by atoms with E-state index < -0.39 is 30.1 Å². The van der Waals surface area contributed by atoms with Crippen LogP contribution in [0.3, 0.4) is 0 Å². The van der Waals surface area contributed by atoms with E-state index in [1.807, 2.05) is 0 Å². The molecule has 9 heteroatoms. The molecule has 148 valence electrons. The van der Waals surface area contributed by atoms with Gasteiger partial charge in [-0.05, 0) is 24.3 Å². The molecule has 2 aromatic carbocycles. The number of esters is 1. The van der Waals surface area contributed by atoms with Gasteiger partial charge in [0.15, 0.2) is 18.2 Å². The van der Waals surface area contributed by atoms with Crippen molar-refractivity contribution in [1.29, 1.82) is 0 Å². The number of carbonyl (C=O) groups excluding carboxylic acids is 3. The molecule has 0 aliphatic rings. The highest BCUT2D eigenvalue weighted by Gasteiger charge is 2.16. The first kappa shape index (κ1) is 21.4. The van der Waals surface area contributed by atoms with Crippen LogP contribution in [0.15, 0.2) is 47.4 Å². The summed E-state index contributed by atoms with van der Waals surface area (Å²) in [6.45, 7) is -0.604. The van der Waals surface area contributed by atoms with Crippen molar-refractivity contribution < 1.29 is 27.9 Å². The molecule has 2 rings (SSSR count). The highest BCUT2D eigenvalue weighted by Crippen LogP contribution is 2.23. The van der Waals surface area contributed by atoms with Gasteiger partial charge in [0.05, 0.1) is 11.3 Å². The van der Waals surface area contributed by atoms with Crippen LogP contribution in [-0.2, 0) is 14.3 Å². The Labute approximate surface area is 164 Å². The Morgan fingerprint density at radius 3 is 2.46 bits per heavy atom. The highest BCUT2D eigenvalue weighted by molar-refractivity contribution is 8.00. The van der Waals surface area contributed by atoms with Crippen LogP contribution in [0.25, 0.3) is 0 Å². The molecule has 0 aliphatic heterocycles. The molecule has 0 radical (unpaired) electrons. The Bertz CT molecular complexity index is 890. The Kier molecular flexibility index (Phi) is 7.51. The molecule has 0 fully saturated rings. The summed E-state index contributed by atoms with van der Waals surface area (Å²) in [5, 5.41) is 2.31. The second kappa shape index (κ2) is 9.84. The van der Waals surface area contributed by atoms with Crippen molar-refractivity contribution in [3.8, 4) is 0 Å². The van der Waals surface area contributed by atoms with Gasteiger partial charge in [-0.3, -0.25) is 9.59 Å². The predicted octanol–water partition coefficient (Wildman–Crippen LogP) is 2.94. The van der Waals surface area contributed by atoms with Gasteiger partial charge >= 0.3 is 5.97 Å². The number of anilines is 1. The van der Waals surface area contributed by atoms with Crippen molar-refractivity contribution >= 4 is 35.2 Å². The lowest BCUT2D eigenvalue weighted by Gasteiger charge is -2.12. The van der Waals surface area contributed by atoms with Crippen LogP contribution in [-0.4, -0.2) is 49.1 Å². The minimum atomic E-state index is -1.10. The second-order valence-corrected chi connectivity index (χ2v) is 6.84. The van der Waals surface area contributed by atoms with Gasteiger partial charge in [-0.2, -0.15) is 0 Å². The molecule has 0 atom stereocenters. The van der Waals surface area contributed by atoms with Crippen LogP contribution >= 0.6 is 11.8 Å². The summed E-state index contributed by atoms with van der Waals surface area (Å²) >= 11 is 1.18. The third kappa shape index (κ3) is 6.05. The zero-order valence-corrected chi connectivity index (χ0v) is 16.0. The molecule has 0 heterocycles. The zero-order chi connectivity index (χ0) is 20.7. The Morgan fingerprint density at radius 1 is 1.07 bits per heavy atom. The van der Waals surface area contributed by atoms with Gasteiger partial charge in [-0.15, -0.1) is 11.8 Å². The van der Waals surface area contributed by atoms with E-state index in [-0.39, 0.29) is 22.9 Å². The molecule has 0 saturated carbocycles. The molecule has 0 unspecified atom stereocenters. The Balaban J connectivity index is 1.94. The number of amides is 2. The van der Waals surface area contributed by atoms with Crippen LogP contribution in [0, 0.1) is 11.6 Å². The number of carbonyl (C=O) groups is 3. The van der Waals surface area contributed by atoms with Gasteiger partial charge in [-0.1, -0.05) is 12.1 Å². The summed E-state index contributed by atoms with van der Waals surface area (Å²) in [7, 11) is 3.27. The van der Waals surface area contributed by atoms with E-state index >= 15 is 0 Å². The average Bonchev–Trinajstić information content (AvgIpc) is 2.67. The number of hydrogen-bond acceptors (Lipinski definition) is 5. The standard InChI is InChI=1S/C19H18F2N2O4S/c1-23(2)18(25)11-28-16-6-4-3-5-13(16)19(26)27-10-17(24)22-12-7-8-14(20)15(21)9-12/h3-9H,10-11H2,1-2H3,(H,22,24). The summed E-state index contributed by atoms with van der Waals surface area (Å²) in [5.41, 5.74) is 0.262.